The van der Waals surface area contributed by atoms with Crippen LogP contribution in [-0.4, -0.2) is 21.5 Å². The number of hydrogen-bond donors (Lipinski definition) is 1. The zero-order valence-corrected chi connectivity index (χ0v) is 9.95. The Kier molecular flexibility index (Phi) is 4.17. The quantitative estimate of drug-likeness (QED) is 0.802. The number of aromatic nitrogens is 2. The molecular weight excluding hydrogens is 216 g/mol. The standard InChI is InChI=1S/C8H12N4S2/c1-5(2)10-7-11-12-8(14-7)13-6(3)4-9/h5-6H,1-3H3,(H,10,11). The second-order valence-corrected chi connectivity index (χ2v) is 5.63. The molecule has 0 amide bonds. The van der Waals surface area contributed by atoms with Crippen molar-refractivity contribution in [1.82, 2.24) is 10.2 Å². The minimum atomic E-state index is -0.0742. The molecule has 0 aliphatic heterocycles. The van der Waals surface area contributed by atoms with Gasteiger partial charge in [0, 0.05) is 6.04 Å². The van der Waals surface area contributed by atoms with Crippen LogP contribution in [0.5, 0.6) is 0 Å². The topological polar surface area (TPSA) is 61.6 Å². The molecule has 0 aliphatic carbocycles. The molecule has 0 aromatic carbocycles. The van der Waals surface area contributed by atoms with Gasteiger partial charge in [0.05, 0.1) is 11.3 Å². The predicted molar refractivity (Wildman–Crippen MR) is 59.6 cm³/mol. The summed E-state index contributed by atoms with van der Waals surface area (Å²) in [4.78, 5) is 0. The van der Waals surface area contributed by atoms with Crippen molar-refractivity contribution in [3.63, 3.8) is 0 Å². The van der Waals surface area contributed by atoms with Crippen LogP contribution in [0.3, 0.4) is 0 Å². The molecule has 6 heteroatoms. The van der Waals surface area contributed by atoms with Crippen LogP contribution in [0.1, 0.15) is 20.8 Å². The van der Waals surface area contributed by atoms with Gasteiger partial charge >= 0.3 is 0 Å². The highest BCUT2D eigenvalue weighted by Gasteiger charge is 2.09. The molecular formula is C8H12N4S2. The maximum Gasteiger partial charge on any atom is 0.206 e. The third kappa shape index (κ3) is 3.52. The third-order valence-electron chi connectivity index (χ3n) is 1.28. The smallest absolute Gasteiger partial charge is 0.206 e. The number of anilines is 1. The first-order valence-electron chi connectivity index (χ1n) is 4.28. The first kappa shape index (κ1) is 11.3. The second kappa shape index (κ2) is 5.17. The normalized spacial score (nSPS) is 12.5. The molecule has 0 radical (unpaired) electrons. The fourth-order valence-electron chi connectivity index (χ4n) is 0.740. The summed E-state index contributed by atoms with van der Waals surface area (Å²) in [5.74, 6) is 0. The zero-order valence-electron chi connectivity index (χ0n) is 8.31. The van der Waals surface area contributed by atoms with Gasteiger partial charge in [-0.1, -0.05) is 23.1 Å². The van der Waals surface area contributed by atoms with E-state index in [1.54, 1.807) is 0 Å². The lowest BCUT2D eigenvalue weighted by Crippen LogP contribution is -2.08. The maximum absolute atomic E-state index is 8.62. The largest absolute Gasteiger partial charge is 0.358 e. The molecule has 1 heterocycles. The van der Waals surface area contributed by atoms with Gasteiger partial charge in [-0.25, -0.2) is 0 Å². The van der Waals surface area contributed by atoms with Crippen molar-refractivity contribution >= 4 is 28.2 Å². The average molecular weight is 228 g/mol. The van der Waals surface area contributed by atoms with Crippen LogP contribution in [-0.2, 0) is 0 Å². The predicted octanol–water partition coefficient (Wildman–Crippen LogP) is 2.36. The summed E-state index contributed by atoms with van der Waals surface area (Å²) < 4.78 is 0.835. The fraction of sp³-hybridized carbons (Fsp3) is 0.625. The van der Waals surface area contributed by atoms with Gasteiger partial charge in [-0.05, 0) is 20.8 Å². The Bertz CT molecular complexity index is 328. The lowest BCUT2D eigenvalue weighted by molar-refractivity contribution is 0.883. The summed E-state index contributed by atoms with van der Waals surface area (Å²) in [5.41, 5.74) is 0. The molecule has 1 aromatic rings. The second-order valence-electron chi connectivity index (χ2n) is 3.06. The molecule has 76 valence electrons. The number of rotatable bonds is 4. The van der Waals surface area contributed by atoms with Crippen LogP contribution in [0, 0.1) is 11.3 Å². The summed E-state index contributed by atoms with van der Waals surface area (Å²) in [6.07, 6.45) is 0. The Hall–Kier alpha value is -0.800. The van der Waals surface area contributed by atoms with E-state index >= 15 is 0 Å². The van der Waals surface area contributed by atoms with Crippen molar-refractivity contribution in [2.75, 3.05) is 5.32 Å². The molecule has 0 bridgehead atoms. The van der Waals surface area contributed by atoms with Crippen molar-refractivity contribution in [2.24, 2.45) is 0 Å². The third-order valence-corrected chi connectivity index (χ3v) is 3.21. The van der Waals surface area contributed by atoms with E-state index in [-0.39, 0.29) is 5.25 Å². The molecule has 1 atom stereocenters. The summed E-state index contributed by atoms with van der Waals surface area (Å²) in [6, 6.07) is 2.50. The van der Waals surface area contributed by atoms with Crippen LogP contribution in [0.2, 0.25) is 0 Å². The Labute approximate surface area is 91.7 Å². The van der Waals surface area contributed by atoms with Crippen LogP contribution in [0.4, 0.5) is 5.13 Å². The molecule has 0 aliphatic rings. The Balaban J connectivity index is 2.56. The van der Waals surface area contributed by atoms with Crippen molar-refractivity contribution in [3.8, 4) is 6.07 Å². The van der Waals surface area contributed by atoms with E-state index in [9.17, 15) is 0 Å². The van der Waals surface area contributed by atoms with E-state index in [1.165, 1.54) is 23.1 Å². The highest BCUT2D eigenvalue weighted by molar-refractivity contribution is 8.01. The molecule has 0 saturated carbocycles. The van der Waals surface area contributed by atoms with E-state index in [2.05, 4.69) is 21.6 Å². The van der Waals surface area contributed by atoms with Crippen molar-refractivity contribution < 1.29 is 0 Å². The fourth-order valence-corrected chi connectivity index (χ4v) is 2.67. The molecule has 1 N–H and O–H groups in total. The molecule has 0 spiro atoms. The number of hydrogen-bond acceptors (Lipinski definition) is 6. The lowest BCUT2D eigenvalue weighted by atomic mass is 10.4. The number of nitrogens with one attached hydrogen (secondary N) is 1. The van der Waals surface area contributed by atoms with Crippen molar-refractivity contribution in [3.05, 3.63) is 0 Å². The maximum atomic E-state index is 8.62. The highest BCUT2D eigenvalue weighted by Crippen LogP contribution is 2.28. The minimum Gasteiger partial charge on any atom is -0.358 e. The summed E-state index contributed by atoms with van der Waals surface area (Å²) in [7, 11) is 0. The first-order valence-corrected chi connectivity index (χ1v) is 5.97. The Morgan fingerprint density at radius 1 is 1.43 bits per heavy atom. The van der Waals surface area contributed by atoms with Gasteiger partial charge < -0.3 is 5.32 Å². The van der Waals surface area contributed by atoms with Crippen molar-refractivity contribution in [1.29, 1.82) is 5.26 Å². The molecule has 0 fully saturated rings. The van der Waals surface area contributed by atoms with Gasteiger partial charge in [-0.2, -0.15) is 5.26 Å². The first-order chi connectivity index (χ1) is 6.61. The van der Waals surface area contributed by atoms with E-state index in [1.807, 2.05) is 20.8 Å². The van der Waals surface area contributed by atoms with E-state index in [0.717, 1.165) is 9.47 Å². The Morgan fingerprint density at radius 3 is 2.71 bits per heavy atom. The Morgan fingerprint density at radius 2 is 2.14 bits per heavy atom. The molecule has 1 rings (SSSR count). The summed E-state index contributed by atoms with van der Waals surface area (Å²) in [5, 5.41) is 20.5. The lowest BCUT2D eigenvalue weighted by Gasteiger charge is -2.03. The molecule has 14 heavy (non-hydrogen) atoms. The average Bonchev–Trinajstić information content (AvgIpc) is 2.51. The van der Waals surface area contributed by atoms with Gasteiger partial charge in [0.25, 0.3) is 0 Å². The summed E-state index contributed by atoms with van der Waals surface area (Å²) in [6.45, 7) is 5.94. The van der Waals surface area contributed by atoms with Gasteiger partial charge in [-0.3, -0.25) is 0 Å². The molecule has 0 saturated heterocycles. The molecule has 1 aromatic heterocycles. The van der Waals surface area contributed by atoms with E-state index in [4.69, 9.17) is 5.26 Å². The van der Waals surface area contributed by atoms with E-state index in [0.29, 0.717) is 6.04 Å². The van der Waals surface area contributed by atoms with Crippen LogP contribution < -0.4 is 5.32 Å². The van der Waals surface area contributed by atoms with Gasteiger partial charge in [0.2, 0.25) is 5.13 Å². The van der Waals surface area contributed by atoms with Gasteiger partial charge in [-0.15, -0.1) is 10.2 Å². The number of nitriles is 1. The number of thioether (sulfide) groups is 1. The van der Waals surface area contributed by atoms with Crippen LogP contribution >= 0.6 is 23.1 Å². The highest BCUT2D eigenvalue weighted by atomic mass is 32.2. The van der Waals surface area contributed by atoms with Gasteiger partial charge in [0.1, 0.15) is 0 Å². The number of nitrogens with zero attached hydrogens (tertiary/aromatic N) is 3. The molecule has 1 unspecified atom stereocenters. The zero-order chi connectivity index (χ0) is 10.6. The monoisotopic (exact) mass is 228 g/mol. The van der Waals surface area contributed by atoms with Gasteiger partial charge in [0.15, 0.2) is 4.34 Å². The summed E-state index contributed by atoms with van der Waals surface area (Å²) >= 11 is 2.92. The van der Waals surface area contributed by atoms with Crippen LogP contribution in [0.15, 0.2) is 4.34 Å². The van der Waals surface area contributed by atoms with Crippen molar-refractivity contribution in [2.45, 2.75) is 36.4 Å². The SMILES string of the molecule is CC(C)Nc1nnc(SC(C)C#N)s1. The minimum absolute atomic E-state index is 0.0742. The van der Waals surface area contributed by atoms with Crippen LogP contribution in [0.25, 0.3) is 0 Å². The van der Waals surface area contributed by atoms with E-state index < -0.39 is 0 Å². The molecule has 4 nitrogen and oxygen atoms in total.